The van der Waals surface area contributed by atoms with E-state index >= 15 is 0 Å². The molecule has 1 saturated heterocycles. The molecular formula is C20H20N4O5S. The average molecular weight is 428 g/mol. The van der Waals surface area contributed by atoms with Crippen molar-refractivity contribution in [3.63, 3.8) is 0 Å². The normalized spacial score (nSPS) is 17.4. The first-order valence-corrected chi connectivity index (χ1v) is 10.0. The van der Waals surface area contributed by atoms with E-state index < -0.39 is 16.1 Å². The summed E-state index contributed by atoms with van der Waals surface area (Å²) < 4.78 is 5.08. The number of nitrogens with one attached hydrogen (secondary N) is 1. The van der Waals surface area contributed by atoms with Gasteiger partial charge >= 0.3 is 0 Å². The molecule has 1 heterocycles. The van der Waals surface area contributed by atoms with Gasteiger partial charge in [0.1, 0.15) is 5.25 Å². The molecule has 0 bridgehead atoms. The molecule has 2 aromatic carbocycles. The Morgan fingerprint density at radius 1 is 1.27 bits per heavy atom. The van der Waals surface area contributed by atoms with Crippen molar-refractivity contribution in [3.05, 3.63) is 64.7 Å². The van der Waals surface area contributed by atoms with E-state index in [0.29, 0.717) is 29.7 Å². The molecule has 9 nitrogen and oxygen atoms in total. The number of benzene rings is 2. The summed E-state index contributed by atoms with van der Waals surface area (Å²) in [4.78, 5) is 41.7. The zero-order valence-corrected chi connectivity index (χ0v) is 17.0. The van der Waals surface area contributed by atoms with Crippen LogP contribution in [-0.2, 0) is 14.3 Å². The van der Waals surface area contributed by atoms with E-state index in [4.69, 9.17) is 4.74 Å². The number of hydrogen-bond donors (Lipinski definition) is 1. The first-order valence-electron chi connectivity index (χ1n) is 9.13. The highest BCUT2D eigenvalue weighted by atomic mass is 32.2. The molecule has 0 radical (unpaired) electrons. The number of carbonyl (C=O) groups excluding carboxylic acids is 2. The molecule has 1 fully saturated rings. The lowest BCUT2D eigenvalue weighted by Crippen LogP contribution is -2.35. The maximum atomic E-state index is 12.8. The summed E-state index contributed by atoms with van der Waals surface area (Å²) in [6.45, 7) is 0.670. The highest BCUT2D eigenvalue weighted by Crippen LogP contribution is 2.31. The van der Waals surface area contributed by atoms with Crippen molar-refractivity contribution in [1.29, 1.82) is 0 Å². The predicted molar refractivity (Wildman–Crippen MR) is 115 cm³/mol. The van der Waals surface area contributed by atoms with Gasteiger partial charge in [0.2, 0.25) is 11.8 Å². The zero-order chi connectivity index (χ0) is 21.5. The minimum atomic E-state index is -0.636. The molecule has 156 valence electrons. The summed E-state index contributed by atoms with van der Waals surface area (Å²) in [6.07, 6.45) is -0.0799. The molecule has 2 amide bonds. The first kappa shape index (κ1) is 21.5. The van der Waals surface area contributed by atoms with Crippen LogP contribution in [0, 0.1) is 10.1 Å². The van der Waals surface area contributed by atoms with E-state index in [1.54, 1.807) is 13.2 Å². The van der Waals surface area contributed by atoms with Gasteiger partial charge in [-0.1, -0.05) is 36.0 Å². The second kappa shape index (κ2) is 9.99. The molecule has 30 heavy (non-hydrogen) atoms. The van der Waals surface area contributed by atoms with Gasteiger partial charge in [-0.05, 0) is 18.2 Å². The predicted octanol–water partition coefficient (Wildman–Crippen LogP) is 3.20. The van der Waals surface area contributed by atoms with Gasteiger partial charge in [-0.15, -0.1) is 0 Å². The van der Waals surface area contributed by atoms with Crippen LogP contribution in [0.15, 0.2) is 59.6 Å². The summed E-state index contributed by atoms with van der Waals surface area (Å²) in [5, 5.41) is 13.4. The second-order valence-electron chi connectivity index (χ2n) is 6.38. The Bertz CT molecular complexity index is 967. The Hall–Kier alpha value is -3.24. The van der Waals surface area contributed by atoms with Gasteiger partial charge in [0, 0.05) is 31.4 Å². The molecule has 0 aromatic heterocycles. The monoisotopic (exact) mass is 428 g/mol. The topological polar surface area (TPSA) is 114 Å². The van der Waals surface area contributed by atoms with E-state index in [1.807, 2.05) is 30.3 Å². The molecular weight excluding hydrogens is 408 g/mol. The number of nitro benzene ring substituents is 1. The number of thioether (sulfide) groups is 1. The van der Waals surface area contributed by atoms with Gasteiger partial charge in [-0.25, -0.2) is 4.99 Å². The number of nitrogens with zero attached hydrogens (tertiary/aromatic N) is 3. The Kier molecular flexibility index (Phi) is 7.15. The Balaban J connectivity index is 1.71. The van der Waals surface area contributed by atoms with Crippen LogP contribution in [0.1, 0.15) is 6.42 Å². The van der Waals surface area contributed by atoms with Crippen LogP contribution in [0.4, 0.5) is 17.1 Å². The number of hydrogen-bond acceptors (Lipinski definition) is 7. The Morgan fingerprint density at radius 2 is 2.03 bits per heavy atom. The van der Waals surface area contributed by atoms with Gasteiger partial charge in [-0.3, -0.25) is 24.6 Å². The number of ether oxygens (including phenoxy) is 1. The maximum absolute atomic E-state index is 12.8. The van der Waals surface area contributed by atoms with Crippen LogP contribution in [0.3, 0.4) is 0 Å². The highest BCUT2D eigenvalue weighted by molar-refractivity contribution is 8.15. The van der Waals surface area contributed by atoms with Crippen molar-refractivity contribution >= 4 is 45.8 Å². The fraction of sp³-hybridized carbons (Fsp3) is 0.250. The van der Waals surface area contributed by atoms with Crippen molar-refractivity contribution in [2.24, 2.45) is 4.99 Å². The van der Waals surface area contributed by atoms with Gasteiger partial charge in [0.25, 0.3) is 5.69 Å². The number of non-ortho nitro benzene ring substituents is 1. The van der Waals surface area contributed by atoms with E-state index in [-0.39, 0.29) is 18.0 Å². The standard InChI is InChI=1S/C20H20N4O5S/c1-29-11-10-23-19(26)17(30-20(23)22-14-6-3-2-4-7-14)13-18(25)21-15-8-5-9-16(12-15)24(27)28/h2-9,12,17H,10-11,13H2,1H3,(H,21,25). The number of anilines is 1. The summed E-state index contributed by atoms with van der Waals surface area (Å²) >= 11 is 1.22. The number of nitro groups is 1. The van der Waals surface area contributed by atoms with Gasteiger partial charge in [0.05, 0.1) is 23.8 Å². The number of carbonyl (C=O) groups is 2. The minimum absolute atomic E-state index is 0.0799. The maximum Gasteiger partial charge on any atom is 0.271 e. The summed E-state index contributed by atoms with van der Waals surface area (Å²) in [5.74, 6) is -0.630. The fourth-order valence-corrected chi connectivity index (χ4v) is 3.99. The van der Waals surface area contributed by atoms with Crippen LogP contribution in [0.5, 0.6) is 0 Å². The fourth-order valence-electron chi connectivity index (χ4n) is 2.80. The van der Waals surface area contributed by atoms with Gasteiger partial charge in [-0.2, -0.15) is 0 Å². The van der Waals surface area contributed by atoms with Crippen molar-refractivity contribution in [1.82, 2.24) is 4.90 Å². The number of amidine groups is 1. The van der Waals surface area contributed by atoms with Crippen LogP contribution in [-0.4, -0.2) is 52.3 Å². The van der Waals surface area contributed by atoms with Gasteiger partial charge in [0.15, 0.2) is 5.17 Å². The van der Waals surface area contributed by atoms with Crippen molar-refractivity contribution in [2.75, 3.05) is 25.6 Å². The lowest BCUT2D eigenvalue weighted by atomic mass is 10.2. The van der Waals surface area contributed by atoms with Crippen LogP contribution in [0.25, 0.3) is 0 Å². The third-order valence-corrected chi connectivity index (χ3v) is 5.41. The molecule has 1 unspecified atom stereocenters. The molecule has 0 spiro atoms. The minimum Gasteiger partial charge on any atom is -0.383 e. The lowest BCUT2D eigenvalue weighted by Gasteiger charge is -2.15. The second-order valence-corrected chi connectivity index (χ2v) is 7.55. The molecule has 1 aliphatic rings. The van der Waals surface area contributed by atoms with Crippen molar-refractivity contribution in [3.8, 4) is 0 Å². The average Bonchev–Trinajstić information content (AvgIpc) is 3.01. The van der Waals surface area contributed by atoms with Crippen LogP contribution < -0.4 is 5.32 Å². The summed E-state index contributed by atoms with van der Waals surface area (Å²) in [5.41, 5.74) is 0.887. The third kappa shape index (κ3) is 5.43. The van der Waals surface area contributed by atoms with E-state index in [1.165, 1.54) is 34.9 Å². The molecule has 0 saturated carbocycles. The SMILES string of the molecule is COCCN1C(=O)C(CC(=O)Nc2cccc([N+](=O)[O-])c2)SC1=Nc1ccccc1. The third-order valence-electron chi connectivity index (χ3n) is 4.23. The lowest BCUT2D eigenvalue weighted by molar-refractivity contribution is -0.384. The van der Waals surface area contributed by atoms with Crippen molar-refractivity contribution < 1.29 is 19.2 Å². The zero-order valence-electron chi connectivity index (χ0n) is 16.2. The molecule has 1 atom stereocenters. The number of methoxy groups -OCH3 is 1. The van der Waals surface area contributed by atoms with Crippen molar-refractivity contribution in [2.45, 2.75) is 11.7 Å². The number of para-hydroxylation sites is 1. The van der Waals surface area contributed by atoms with E-state index in [9.17, 15) is 19.7 Å². The van der Waals surface area contributed by atoms with Crippen LogP contribution in [0.2, 0.25) is 0 Å². The van der Waals surface area contributed by atoms with E-state index in [2.05, 4.69) is 10.3 Å². The Morgan fingerprint density at radius 3 is 2.73 bits per heavy atom. The molecule has 3 rings (SSSR count). The number of rotatable bonds is 8. The van der Waals surface area contributed by atoms with E-state index in [0.717, 1.165) is 0 Å². The highest BCUT2D eigenvalue weighted by Gasteiger charge is 2.39. The molecule has 10 heteroatoms. The first-order chi connectivity index (χ1) is 14.5. The molecule has 1 aliphatic heterocycles. The molecule has 1 N–H and O–H groups in total. The van der Waals surface area contributed by atoms with Crippen LogP contribution >= 0.6 is 11.8 Å². The quantitative estimate of drug-likeness (QED) is 0.510. The molecule has 2 aromatic rings. The number of aliphatic imine (C=N–C) groups is 1. The summed E-state index contributed by atoms with van der Waals surface area (Å²) in [7, 11) is 1.55. The smallest absolute Gasteiger partial charge is 0.271 e. The summed E-state index contributed by atoms with van der Waals surface area (Å²) in [6, 6.07) is 14.9. The number of amides is 2. The Labute approximate surface area is 177 Å². The van der Waals surface area contributed by atoms with Gasteiger partial charge < -0.3 is 10.1 Å². The molecule has 0 aliphatic carbocycles. The largest absolute Gasteiger partial charge is 0.383 e.